The molecule has 0 aliphatic heterocycles. The number of rotatable bonds is 6. The van der Waals surface area contributed by atoms with Crippen LogP contribution in [0.25, 0.3) is 0 Å². The van der Waals surface area contributed by atoms with Crippen molar-refractivity contribution in [1.82, 2.24) is 5.32 Å². The standard InChI is InChI=1S/C18H22BrN/c1-3-4-15-5-9-17(10-6-15)14(2)20-13-16-7-11-18(19)12-8-16/h5-12,14,20H,3-4,13H2,1-2H3. The maximum Gasteiger partial charge on any atom is 0.0294 e. The zero-order valence-electron chi connectivity index (χ0n) is 12.2. The highest BCUT2D eigenvalue weighted by Crippen LogP contribution is 2.16. The topological polar surface area (TPSA) is 12.0 Å². The predicted octanol–water partition coefficient (Wildman–Crippen LogP) is 5.25. The van der Waals surface area contributed by atoms with E-state index in [0.29, 0.717) is 6.04 Å². The second kappa shape index (κ2) is 7.61. The molecule has 20 heavy (non-hydrogen) atoms. The van der Waals surface area contributed by atoms with Crippen molar-refractivity contribution in [2.45, 2.75) is 39.3 Å². The molecule has 2 heteroatoms. The first-order chi connectivity index (χ1) is 9.69. The average Bonchev–Trinajstić information content (AvgIpc) is 2.47. The molecule has 0 radical (unpaired) electrons. The summed E-state index contributed by atoms with van der Waals surface area (Å²) in [6.45, 7) is 5.33. The van der Waals surface area contributed by atoms with E-state index >= 15 is 0 Å². The molecule has 1 unspecified atom stereocenters. The highest BCUT2D eigenvalue weighted by Gasteiger charge is 2.04. The molecule has 0 aliphatic rings. The molecule has 1 N–H and O–H groups in total. The van der Waals surface area contributed by atoms with Crippen LogP contribution in [-0.2, 0) is 13.0 Å². The van der Waals surface area contributed by atoms with Crippen LogP contribution < -0.4 is 5.32 Å². The van der Waals surface area contributed by atoms with Crippen LogP contribution in [0.5, 0.6) is 0 Å². The molecule has 1 atom stereocenters. The lowest BCUT2D eigenvalue weighted by atomic mass is 10.0. The van der Waals surface area contributed by atoms with Gasteiger partial charge in [0.15, 0.2) is 0 Å². The highest BCUT2D eigenvalue weighted by molar-refractivity contribution is 9.10. The Morgan fingerprint density at radius 1 is 0.950 bits per heavy atom. The van der Waals surface area contributed by atoms with Crippen molar-refractivity contribution >= 4 is 15.9 Å². The number of hydrogen-bond acceptors (Lipinski definition) is 1. The van der Waals surface area contributed by atoms with Gasteiger partial charge < -0.3 is 5.32 Å². The Kier molecular flexibility index (Phi) is 5.81. The lowest BCUT2D eigenvalue weighted by molar-refractivity contribution is 0.574. The predicted molar refractivity (Wildman–Crippen MR) is 89.8 cm³/mol. The first-order valence-electron chi connectivity index (χ1n) is 7.25. The summed E-state index contributed by atoms with van der Waals surface area (Å²) >= 11 is 3.46. The molecule has 1 nitrogen and oxygen atoms in total. The summed E-state index contributed by atoms with van der Waals surface area (Å²) in [4.78, 5) is 0. The molecule has 0 bridgehead atoms. The second-order valence-corrected chi connectivity index (χ2v) is 6.14. The SMILES string of the molecule is CCCc1ccc(C(C)NCc2ccc(Br)cc2)cc1. The Morgan fingerprint density at radius 3 is 2.15 bits per heavy atom. The van der Waals surface area contributed by atoms with Gasteiger partial charge in [-0.2, -0.15) is 0 Å². The van der Waals surface area contributed by atoms with E-state index in [1.807, 2.05) is 0 Å². The zero-order chi connectivity index (χ0) is 14.4. The van der Waals surface area contributed by atoms with Crippen LogP contribution in [0, 0.1) is 0 Å². The number of nitrogens with one attached hydrogen (secondary N) is 1. The summed E-state index contributed by atoms with van der Waals surface area (Å²) in [7, 11) is 0. The molecule has 0 spiro atoms. The minimum Gasteiger partial charge on any atom is -0.306 e. The third-order valence-corrected chi connectivity index (χ3v) is 4.07. The van der Waals surface area contributed by atoms with Crippen LogP contribution >= 0.6 is 15.9 Å². The smallest absolute Gasteiger partial charge is 0.0294 e. The van der Waals surface area contributed by atoms with Crippen molar-refractivity contribution in [2.75, 3.05) is 0 Å². The van der Waals surface area contributed by atoms with E-state index in [0.717, 1.165) is 11.0 Å². The number of benzene rings is 2. The van der Waals surface area contributed by atoms with Gasteiger partial charge in [-0.1, -0.05) is 65.7 Å². The molecule has 0 fully saturated rings. The molecule has 2 aromatic rings. The van der Waals surface area contributed by atoms with Gasteiger partial charge in [0.1, 0.15) is 0 Å². The van der Waals surface area contributed by atoms with Crippen molar-refractivity contribution in [2.24, 2.45) is 0 Å². The van der Waals surface area contributed by atoms with Gasteiger partial charge in [-0.15, -0.1) is 0 Å². The fourth-order valence-corrected chi connectivity index (χ4v) is 2.52. The summed E-state index contributed by atoms with van der Waals surface area (Å²) in [6, 6.07) is 17.8. The van der Waals surface area contributed by atoms with E-state index in [2.05, 4.69) is 83.6 Å². The van der Waals surface area contributed by atoms with E-state index in [-0.39, 0.29) is 0 Å². The highest BCUT2D eigenvalue weighted by atomic mass is 79.9. The van der Waals surface area contributed by atoms with E-state index in [1.165, 1.54) is 29.5 Å². The van der Waals surface area contributed by atoms with Crippen LogP contribution in [0.2, 0.25) is 0 Å². The Hall–Kier alpha value is -1.12. The summed E-state index contributed by atoms with van der Waals surface area (Å²) in [5, 5.41) is 3.57. The monoisotopic (exact) mass is 331 g/mol. The van der Waals surface area contributed by atoms with Gasteiger partial charge in [0.05, 0.1) is 0 Å². The lowest BCUT2D eigenvalue weighted by Crippen LogP contribution is -2.18. The minimum absolute atomic E-state index is 0.370. The summed E-state index contributed by atoms with van der Waals surface area (Å²) < 4.78 is 1.13. The summed E-state index contributed by atoms with van der Waals surface area (Å²) in [5.74, 6) is 0. The number of aryl methyl sites for hydroxylation is 1. The zero-order valence-corrected chi connectivity index (χ0v) is 13.8. The second-order valence-electron chi connectivity index (χ2n) is 5.22. The van der Waals surface area contributed by atoms with Gasteiger partial charge in [0, 0.05) is 17.1 Å². The molecule has 2 aromatic carbocycles. The van der Waals surface area contributed by atoms with Gasteiger partial charge >= 0.3 is 0 Å². The van der Waals surface area contributed by atoms with Crippen LogP contribution in [0.15, 0.2) is 53.0 Å². The molecule has 0 aromatic heterocycles. The van der Waals surface area contributed by atoms with Crippen molar-refractivity contribution in [1.29, 1.82) is 0 Å². The molecule has 2 rings (SSSR count). The van der Waals surface area contributed by atoms with Gasteiger partial charge in [-0.05, 0) is 42.2 Å². The van der Waals surface area contributed by atoms with Crippen LogP contribution in [0.3, 0.4) is 0 Å². The molecule has 0 heterocycles. The molecular weight excluding hydrogens is 310 g/mol. The van der Waals surface area contributed by atoms with Gasteiger partial charge in [-0.25, -0.2) is 0 Å². The Balaban J connectivity index is 1.90. The first-order valence-corrected chi connectivity index (χ1v) is 8.05. The third kappa shape index (κ3) is 4.46. The van der Waals surface area contributed by atoms with Crippen molar-refractivity contribution in [3.63, 3.8) is 0 Å². The van der Waals surface area contributed by atoms with Crippen LogP contribution in [-0.4, -0.2) is 0 Å². The molecule has 0 amide bonds. The maximum absolute atomic E-state index is 3.57. The lowest BCUT2D eigenvalue weighted by Gasteiger charge is -2.15. The quantitative estimate of drug-likeness (QED) is 0.761. The van der Waals surface area contributed by atoms with Crippen LogP contribution in [0.1, 0.15) is 43.0 Å². The molecule has 106 valence electrons. The molecule has 0 saturated heterocycles. The van der Waals surface area contributed by atoms with E-state index in [9.17, 15) is 0 Å². The number of halogens is 1. The fourth-order valence-electron chi connectivity index (χ4n) is 2.25. The van der Waals surface area contributed by atoms with E-state index in [4.69, 9.17) is 0 Å². The van der Waals surface area contributed by atoms with Gasteiger partial charge in [-0.3, -0.25) is 0 Å². The number of hydrogen-bond donors (Lipinski definition) is 1. The average molecular weight is 332 g/mol. The van der Waals surface area contributed by atoms with E-state index < -0.39 is 0 Å². The largest absolute Gasteiger partial charge is 0.306 e. The van der Waals surface area contributed by atoms with Gasteiger partial charge in [0.25, 0.3) is 0 Å². The maximum atomic E-state index is 3.57. The molecule has 0 saturated carbocycles. The Labute approximate surface area is 130 Å². The minimum atomic E-state index is 0.370. The van der Waals surface area contributed by atoms with Gasteiger partial charge in [0.2, 0.25) is 0 Å². The van der Waals surface area contributed by atoms with Crippen LogP contribution in [0.4, 0.5) is 0 Å². The van der Waals surface area contributed by atoms with Crippen molar-refractivity contribution < 1.29 is 0 Å². The van der Waals surface area contributed by atoms with Crippen molar-refractivity contribution in [3.8, 4) is 0 Å². The summed E-state index contributed by atoms with van der Waals surface area (Å²) in [6.07, 6.45) is 2.37. The molecular formula is C18H22BrN. The normalized spacial score (nSPS) is 12.3. The Bertz CT molecular complexity index is 516. The Morgan fingerprint density at radius 2 is 1.55 bits per heavy atom. The first kappa shape index (κ1) is 15.3. The molecule has 0 aliphatic carbocycles. The third-order valence-electron chi connectivity index (χ3n) is 3.54. The fraction of sp³-hybridized carbons (Fsp3) is 0.333. The van der Waals surface area contributed by atoms with E-state index in [1.54, 1.807) is 0 Å². The summed E-state index contributed by atoms with van der Waals surface area (Å²) in [5.41, 5.74) is 4.08. The van der Waals surface area contributed by atoms with Crippen molar-refractivity contribution in [3.05, 3.63) is 69.7 Å².